The van der Waals surface area contributed by atoms with Crippen LogP contribution >= 0.6 is 0 Å². The Morgan fingerprint density at radius 1 is 1.27 bits per heavy atom. The fourth-order valence-electron chi connectivity index (χ4n) is 3.39. The number of hydrogen-bond acceptors (Lipinski definition) is 6. The molecule has 0 aliphatic rings. The van der Waals surface area contributed by atoms with Crippen LogP contribution in [0.5, 0.6) is 5.75 Å². The minimum atomic E-state index is -0.0313. The first-order chi connectivity index (χ1) is 14.6. The maximum Gasteiger partial charge on any atom is 0.258 e. The average Bonchev–Trinajstić information content (AvgIpc) is 3.42. The molecule has 0 bridgehead atoms. The molecular formula is C23H20N4O3. The zero-order valence-electron chi connectivity index (χ0n) is 16.7. The quantitative estimate of drug-likeness (QED) is 0.452. The van der Waals surface area contributed by atoms with Crippen molar-refractivity contribution in [1.82, 2.24) is 15.1 Å². The summed E-state index contributed by atoms with van der Waals surface area (Å²) in [6.45, 7) is 3.82. The Kier molecular flexibility index (Phi) is 5.31. The van der Waals surface area contributed by atoms with Gasteiger partial charge in [-0.25, -0.2) is 0 Å². The zero-order valence-corrected chi connectivity index (χ0v) is 16.7. The molecule has 0 atom stereocenters. The predicted molar refractivity (Wildman–Crippen MR) is 112 cm³/mol. The lowest BCUT2D eigenvalue weighted by Crippen LogP contribution is -2.06. The molecule has 7 heteroatoms. The normalized spacial score (nSPS) is 11.0. The first-order valence-electron chi connectivity index (χ1n) is 9.68. The Morgan fingerprint density at radius 2 is 2.13 bits per heavy atom. The molecule has 0 aliphatic heterocycles. The lowest BCUT2D eigenvalue weighted by atomic mass is 10.0. The molecule has 2 aromatic carbocycles. The standard InChI is InChI=1S/C23H20N4O3/c1-14(2)29-20-8-6-16(12-17(20)13-24)23-26-22(27-30-23)19-7-5-15(4-3-11-28)21-18(19)9-10-25-21/h5-12,14,25H,3-4H2,1-2H3. The Morgan fingerprint density at radius 3 is 2.90 bits per heavy atom. The number of aromatic nitrogens is 3. The summed E-state index contributed by atoms with van der Waals surface area (Å²) in [6.07, 6.45) is 3.88. The molecule has 0 spiro atoms. The van der Waals surface area contributed by atoms with Crippen LogP contribution in [0.4, 0.5) is 0 Å². The van der Waals surface area contributed by atoms with E-state index >= 15 is 0 Å². The highest BCUT2D eigenvalue weighted by Crippen LogP contribution is 2.32. The molecule has 30 heavy (non-hydrogen) atoms. The van der Waals surface area contributed by atoms with Crippen molar-refractivity contribution in [2.45, 2.75) is 32.8 Å². The monoisotopic (exact) mass is 400 g/mol. The van der Waals surface area contributed by atoms with Crippen molar-refractivity contribution >= 4 is 17.2 Å². The van der Waals surface area contributed by atoms with Gasteiger partial charge >= 0.3 is 0 Å². The Bertz CT molecular complexity index is 1250. The number of carbonyl (C=O) groups is 1. The van der Waals surface area contributed by atoms with Gasteiger partial charge < -0.3 is 19.0 Å². The SMILES string of the molecule is CC(C)Oc1ccc(-c2nc(-c3ccc(CCC=O)c4[nH]ccc34)no2)cc1C#N. The molecule has 2 heterocycles. The van der Waals surface area contributed by atoms with E-state index in [1.165, 1.54) is 0 Å². The van der Waals surface area contributed by atoms with E-state index in [2.05, 4.69) is 21.2 Å². The fourth-order valence-corrected chi connectivity index (χ4v) is 3.39. The second kappa shape index (κ2) is 8.21. The number of aromatic amines is 1. The van der Waals surface area contributed by atoms with Gasteiger partial charge in [0.1, 0.15) is 18.1 Å². The number of benzene rings is 2. The van der Waals surface area contributed by atoms with E-state index in [0.29, 0.717) is 41.4 Å². The number of ether oxygens (including phenoxy) is 1. The summed E-state index contributed by atoms with van der Waals surface area (Å²) in [4.78, 5) is 18.5. The van der Waals surface area contributed by atoms with E-state index in [1.54, 1.807) is 18.2 Å². The second-order valence-electron chi connectivity index (χ2n) is 7.16. The molecule has 1 N–H and O–H groups in total. The lowest BCUT2D eigenvalue weighted by molar-refractivity contribution is -0.107. The van der Waals surface area contributed by atoms with E-state index in [0.717, 1.165) is 28.3 Å². The first kappa shape index (κ1) is 19.4. The molecule has 0 radical (unpaired) electrons. The van der Waals surface area contributed by atoms with Crippen LogP contribution in [0.2, 0.25) is 0 Å². The highest BCUT2D eigenvalue weighted by Gasteiger charge is 2.17. The Labute approximate surface area is 173 Å². The third-order valence-corrected chi connectivity index (χ3v) is 4.72. The molecule has 4 rings (SSSR count). The molecule has 0 unspecified atom stereocenters. The average molecular weight is 400 g/mol. The van der Waals surface area contributed by atoms with Crippen molar-refractivity contribution in [2.24, 2.45) is 0 Å². The third kappa shape index (κ3) is 3.67. The number of hydrogen-bond donors (Lipinski definition) is 1. The van der Waals surface area contributed by atoms with Gasteiger partial charge in [0, 0.05) is 34.6 Å². The number of H-pyrrole nitrogens is 1. The predicted octanol–water partition coefficient (Wildman–Crippen LogP) is 4.68. The highest BCUT2D eigenvalue weighted by atomic mass is 16.5. The summed E-state index contributed by atoms with van der Waals surface area (Å²) in [5, 5.41) is 14.5. The highest BCUT2D eigenvalue weighted by molar-refractivity contribution is 5.95. The number of aryl methyl sites for hydroxylation is 1. The van der Waals surface area contributed by atoms with Gasteiger partial charge in [0.25, 0.3) is 5.89 Å². The van der Waals surface area contributed by atoms with E-state index in [4.69, 9.17) is 9.26 Å². The molecule has 150 valence electrons. The second-order valence-corrected chi connectivity index (χ2v) is 7.16. The molecule has 4 aromatic rings. The smallest absolute Gasteiger partial charge is 0.258 e. The van der Waals surface area contributed by atoms with Crippen molar-refractivity contribution < 1.29 is 14.1 Å². The van der Waals surface area contributed by atoms with Crippen molar-refractivity contribution in [1.29, 1.82) is 5.26 Å². The van der Waals surface area contributed by atoms with Crippen molar-refractivity contribution in [3.8, 4) is 34.7 Å². The number of carbonyl (C=O) groups excluding carboxylic acids is 1. The fraction of sp³-hybridized carbons (Fsp3) is 0.217. The van der Waals surface area contributed by atoms with Crippen LogP contribution in [0.1, 0.15) is 31.4 Å². The summed E-state index contributed by atoms with van der Waals surface area (Å²) in [5.74, 6) is 1.31. The minimum Gasteiger partial charge on any atom is -0.490 e. The van der Waals surface area contributed by atoms with Gasteiger partial charge in [-0.3, -0.25) is 0 Å². The summed E-state index contributed by atoms with van der Waals surface area (Å²) in [7, 11) is 0. The molecule has 2 aromatic heterocycles. The van der Waals surface area contributed by atoms with Gasteiger partial charge in [0.2, 0.25) is 5.82 Å². The molecule has 7 nitrogen and oxygen atoms in total. The molecule has 0 saturated heterocycles. The van der Waals surface area contributed by atoms with Crippen molar-refractivity contribution in [3.63, 3.8) is 0 Å². The first-order valence-corrected chi connectivity index (χ1v) is 9.68. The van der Waals surface area contributed by atoms with E-state index in [1.807, 2.05) is 38.2 Å². The van der Waals surface area contributed by atoms with E-state index in [-0.39, 0.29) is 6.10 Å². The number of rotatable bonds is 7. The molecule has 0 fully saturated rings. The number of nitrogens with zero attached hydrogens (tertiary/aromatic N) is 3. The summed E-state index contributed by atoms with van der Waals surface area (Å²) >= 11 is 0. The molecule has 0 amide bonds. The Hall–Kier alpha value is -3.92. The summed E-state index contributed by atoms with van der Waals surface area (Å²) in [5.41, 5.74) is 3.91. The Balaban J connectivity index is 1.69. The van der Waals surface area contributed by atoms with Crippen LogP contribution in [0.25, 0.3) is 33.7 Å². The molecular weight excluding hydrogens is 380 g/mol. The van der Waals surface area contributed by atoms with Gasteiger partial charge in [-0.1, -0.05) is 17.3 Å². The van der Waals surface area contributed by atoms with Gasteiger partial charge in [-0.2, -0.15) is 10.2 Å². The number of aldehydes is 1. The lowest BCUT2D eigenvalue weighted by Gasteiger charge is -2.11. The summed E-state index contributed by atoms with van der Waals surface area (Å²) < 4.78 is 11.1. The third-order valence-electron chi connectivity index (χ3n) is 4.72. The van der Waals surface area contributed by atoms with Gasteiger partial charge in [-0.05, 0) is 50.1 Å². The van der Waals surface area contributed by atoms with Crippen LogP contribution in [0, 0.1) is 11.3 Å². The van der Waals surface area contributed by atoms with Crippen molar-refractivity contribution in [2.75, 3.05) is 0 Å². The molecule has 0 aliphatic carbocycles. The van der Waals surface area contributed by atoms with Crippen molar-refractivity contribution in [3.05, 3.63) is 53.7 Å². The number of nitriles is 1. The van der Waals surface area contributed by atoms with E-state index in [9.17, 15) is 10.1 Å². The number of fused-ring (bicyclic) bond motifs is 1. The minimum absolute atomic E-state index is 0.0313. The zero-order chi connectivity index (χ0) is 21.1. The van der Waals surface area contributed by atoms with E-state index < -0.39 is 0 Å². The topological polar surface area (TPSA) is 105 Å². The van der Waals surface area contributed by atoms with Gasteiger partial charge in [0.05, 0.1) is 11.7 Å². The number of nitrogens with one attached hydrogen (secondary N) is 1. The largest absolute Gasteiger partial charge is 0.490 e. The summed E-state index contributed by atoms with van der Waals surface area (Å²) in [6, 6.07) is 13.2. The van der Waals surface area contributed by atoms with Crippen LogP contribution in [-0.2, 0) is 11.2 Å². The van der Waals surface area contributed by atoms with Crippen LogP contribution < -0.4 is 4.74 Å². The maximum absolute atomic E-state index is 10.7. The van der Waals surface area contributed by atoms with Gasteiger partial charge in [0.15, 0.2) is 0 Å². The maximum atomic E-state index is 10.7. The van der Waals surface area contributed by atoms with Gasteiger partial charge in [-0.15, -0.1) is 0 Å². The molecule has 0 saturated carbocycles. The van der Waals surface area contributed by atoms with Crippen LogP contribution in [-0.4, -0.2) is 27.5 Å². The van der Waals surface area contributed by atoms with Crippen LogP contribution in [0.3, 0.4) is 0 Å². The van der Waals surface area contributed by atoms with Crippen LogP contribution in [0.15, 0.2) is 47.1 Å².